The molecule has 0 aliphatic rings. The third-order valence-corrected chi connectivity index (χ3v) is 2.25. The van der Waals surface area contributed by atoms with Crippen molar-refractivity contribution < 1.29 is 18.7 Å². The summed E-state index contributed by atoms with van der Waals surface area (Å²) in [6.07, 6.45) is 2.42. The van der Waals surface area contributed by atoms with Crippen molar-refractivity contribution in [1.29, 1.82) is 5.26 Å². The van der Waals surface area contributed by atoms with Gasteiger partial charge in [-0.15, -0.1) is 0 Å². The summed E-state index contributed by atoms with van der Waals surface area (Å²) in [5.41, 5.74) is -1.04. The molecule has 1 aromatic carbocycles. The molecule has 0 spiro atoms. The summed E-state index contributed by atoms with van der Waals surface area (Å²) in [5.74, 6) is -3.80. The van der Waals surface area contributed by atoms with Crippen LogP contribution in [0.4, 0.5) is 8.78 Å². The van der Waals surface area contributed by atoms with Gasteiger partial charge in [0.1, 0.15) is 11.8 Å². The molecule has 1 aromatic heterocycles. The van der Waals surface area contributed by atoms with Crippen LogP contribution in [0.3, 0.4) is 0 Å². The number of hydrogen-bond acceptors (Lipinski definition) is 3. The molecule has 0 saturated carbocycles. The minimum Gasteiger partial charge on any atom is -0.478 e. The lowest BCUT2D eigenvalue weighted by atomic mass is 10.2. The Labute approximate surface area is 99.5 Å². The van der Waals surface area contributed by atoms with E-state index in [1.54, 1.807) is 6.07 Å². The van der Waals surface area contributed by atoms with Crippen molar-refractivity contribution >= 4 is 5.97 Å². The van der Waals surface area contributed by atoms with E-state index in [-0.39, 0.29) is 5.82 Å². The molecular weight excluding hydrogens is 244 g/mol. The van der Waals surface area contributed by atoms with Crippen LogP contribution in [0.1, 0.15) is 16.2 Å². The highest BCUT2D eigenvalue weighted by atomic mass is 19.1. The number of aromatic carboxylic acids is 1. The van der Waals surface area contributed by atoms with E-state index in [9.17, 15) is 13.6 Å². The summed E-state index contributed by atoms with van der Waals surface area (Å²) in [6, 6.07) is 3.03. The van der Waals surface area contributed by atoms with Gasteiger partial charge in [0.25, 0.3) is 0 Å². The molecule has 1 heterocycles. The summed E-state index contributed by atoms with van der Waals surface area (Å²) in [6.45, 7) is 0. The van der Waals surface area contributed by atoms with Gasteiger partial charge in [0.15, 0.2) is 11.6 Å². The summed E-state index contributed by atoms with van der Waals surface area (Å²) in [4.78, 5) is 14.2. The number of aromatic nitrogens is 2. The number of halogens is 2. The molecule has 2 aromatic rings. The molecule has 7 heteroatoms. The van der Waals surface area contributed by atoms with E-state index in [1.807, 2.05) is 0 Å². The molecule has 0 unspecified atom stereocenters. The second kappa shape index (κ2) is 4.25. The minimum atomic E-state index is -1.44. The predicted molar refractivity (Wildman–Crippen MR) is 55.2 cm³/mol. The lowest BCUT2D eigenvalue weighted by Crippen LogP contribution is -2.06. The van der Waals surface area contributed by atoms with E-state index in [2.05, 4.69) is 4.98 Å². The highest BCUT2D eigenvalue weighted by Crippen LogP contribution is 2.21. The quantitative estimate of drug-likeness (QED) is 0.878. The highest BCUT2D eigenvalue weighted by molar-refractivity contribution is 5.87. The second-order valence-electron chi connectivity index (χ2n) is 3.33. The van der Waals surface area contributed by atoms with Crippen molar-refractivity contribution in [2.75, 3.05) is 0 Å². The molecule has 18 heavy (non-hydrogen) atoms. The van der Waals surface area contributed by atoms with Gasteiger partial charge < -0.3 is 5.11 Å². The largest absolute Gasteiger partial charge is 0.478 e. The number of rotatable bonds is 2. The Morgan fingerprint density at radius 1 is 1.39 bits per heavy atom. The van der Waals surface area contributed by atoms with E-state index in [1.165, 1.54) is 12.4 Å². The molecule has 5 nitrogen and oxygen atoms in total. The second-order valence-corrected chi connectivity index (χ2v) is 3.33. The fourth-order valence-corrected chi connectivity index (χ4v) is 1.49. The SMILES string of the molecule is N#Cc1nccn1-c1c(F)cc(C(=O)O)cc1F. The van der Waals surface area contributed by atoms with Crippen LogP contribution in [-0.4, -0.2) is 20.6 Å². The Kier molecular flexibility index (Phi) is 2.77. The lowest BCUT2D eigenvalue weighted by Gasteiger charge is -2.07. The maximum atomic E-state index is 13.7. The zero-order valence-corrected chi connectivity index (χ0v) is 8.76. The van der Waals surface area contributed by atoms with Gasteiger partial charge in [0.05, 0.1) is 5.56 Å². The summed E-state index contributed by atoms with van der Waals surface area (Å²) >= 11 is 0. The fourth-order valence-electron chi connectivity index (χ4n) is 1.49. The monoisotopic (exact) mass is 249 g/mol. The third-order valence-electron chi connectivity index (χ3n) is 2.25. The Balaban J connectivity index is 2.67. The first-order chi connectivity index (χ1) is 8.54. The molecule has 0 saturated heterocycles. The number of carboxylic acid groups (broad SMARTS) is 1. The topological polar surface area (TPSA) is 78.9 Å². The van der Waals surface area contributed by atoms with Crippen molar-refractivity contribution in [1.82, 2.24) is 9.55 Å². The van der Waals surface area contributed by atoms with Crippen LogP contribution in [0.25, 0.3) is 5.69 Å². The van der Waals surface area contributed by atoms with Crippen LogP contribution in [0.15, 0.2) is 24.5 Å². The van der Waals surface area contributed by atoms with Crippen LogP contribution in [0.5, 0.6) is 0 Å². The van der Waals surface area contributed by atoms with Gasteiger partial charge in [0.2, 0.25) is 5.82 Å². The van der Waals surface area contributed by atoms with Crippen LogP contribution in [-0.2, 0) is 0 Å². The van der Waals surface area contributed by atoms with Gasteiger partial charge in [-0.05, 0) is 12.1 Å². The molecule has 0 fully saturated rings. The third kappa shape index (κ3) is 1.80. The first-order valence-corrected chi connectivity index (χ1v) is 4.70. The molecule has 0 aliphatic heterocycles. The smallest absolute Gasteiger partial charge is 0.335 e. The molecular formula is C11H5F2N3O2. The van der Waals surface area contributed by atoms with Gasteiger partial charge >= 0.3 is 5.97 Å². The van der Waals surface area contributed by atoms with Gasteiger partial charge in [0, 0.05) is 12.4 Å². The number of benzene rings is 1. The number of nitrogens with zero attached hydrogens (tertiary/aromatic N) is 3. The molecule has 2 rings (SSSR count). The van der Waals surface area contributed by atoms with Crippen LogP contribution in [0.2, 0.25) is 0 Å². The van der Waals surface area contributed by atoms with Crippen molar-refractivity contribution in [2.45, 2.75) is 0 Å². The van der Waals surface area contributed by atoms with Crippen molar-refractivity contribution in [3.63, 3.8) is 0 Å². The lowest BCUT2D eigenvalue weighted by molar-refractivity contribution is 0.0695. The Morgan fingerprint density at radius 3 is 2.50 bits per heavy atom. The maximum absolute atomic E-state index is 13.7. The number of imidazole rings is 1. The van der Waals surface area contributed by atoms with E-state index in [0.717, 1.165) is 4.57 Å². The predicted octanol–water partition coefficient (Wildman–Crippen LogP) is 1.72. The van der Waals surface area contributed by atoms with Crippen LogP contribution < -0.4 is 0 Å². The van der Waals surface area contributed by atoms with Gasteiger partial charge in [-0.3, -0.25) is 4.57 Å². The van der Waals surface area contributed by atoms with Gasteiger partial charge in [-0.2, -0.15) is 5.26 Å². The number of carbonyl (C=O) groups is 1. The molecule has 0 atom stereocenters. The average Bonchev–Trinajstić information content (AvgIpc) is 2.76. The van der Waals surface area contributed by atoms with Crippen molar-refractivity contribution in [3.05, 3.63) is 47.5 Å². The zero-order chi connectivity index (χ0) is 13.3. The molecule has 0 radical (unpaired) electrons. The number of hydrogen-bond donors (Lipinski definition) is 1. The maximum Gasteiger partial charge on any atom is 0.335 e. The van der Waals surface area contributed by atoms with E-state index in [4.69, 9.17) is 10.4 Å². The normalized spacial score (nSPS) is 10.1. The fraction of sp³-hybridized carbons (Fsp3) is 0. The zero-order valence-electron chi connectivity index (χ0n) is 8.76. The Hall–Kier alpha value is -2.75. The highest BCUT2D eigenvalue weighted by Gasteiger charge is 2.18. The average molecular weight is 249 g/mol. The minimum absolute atomic E-state index is 0.198. The summed E-state index contributed by atoms with van der Waals surface area (Å²) in [7, 11) is 0. The summed E-state index contributed by atoms with van der Waals surface area (Å²) in [5, 5.41) is 17.4. The molecule has 0 bridgehead atoms. The first kappa shape index (κ1) is 11.7. The standard InChI is InChI=1S/C11H5F2N3O2/c12-7-3-6(11(17)18)4-8(13)10(7)16-2-1-15-9(16)5-14/h1-4H,(H,17,18). The molecule has 0 amide bonds. The number of nitriles is 1. The molecule has 0 aliphatic carbocycles. The van der Waals surface area contributed by atoms with E-state index in [0.29, 0.717) is 12.1 Å². The van der Waals surface area contributed by atoms with Crippen LogP contribution >= 0.6 is 0 Å². The van der Waals surface area contributed by atoms with E-state index < -0.39 is 28.9 Å². The number of carboxylic acids is 1. The Bertz CT molecular complexity index is 650. The Morgan fingerprint density at radius 2 is 2.00 bits per heavy atom. The summed E-state index contributed by atoms with van der Waals surface area (Å²) < 4.78 is 28.3. The first-order valence-electron chi connectivity index (χ1n) is 4.70. The molecule has 90 valence electrons. The van der Waals surface area contributed by atoms with Crippen LogP contribution in [0, 0.1) is 23.0 Å². The van der Waals surface area contributed by atoms with Gasteiger partial charge in [-0.25, -0.2) is 18.6 Å². The van der Waals surface area contributed by atoms with E-state index >= 15 is 0 Å². The van der Waals surface area contributed by atoms with Crippen molar-refractivity contribution in [3.8, 4) is 11.8 Å². The van der Waals surface area contributed by atoms with Crippen molar-refractivity contribution in [2.24, 2.45) is 0 Å². The molecule has 1 N–H and O–H groups in total. The van der Waals surface area contributed by atoms with Gasteiger partial charge in [-0.1, -0.05) is 0 Å².